The Morgan fingerprint density at radius 3 is 2.43 bits per heavy atom. The van der Waals surface area contributed by atoms with Crippen LogP contribution >= 0.6 is 15.9 Å². The molecule has 0 spiro atoms. The Morgan fingerprint density at radius 1 is 0.961 bits per heavy atom. The van der Waals surface area contributed by atoms with Gasteiger partial charge in [-0.2, -0.15) is 0 Å². The van der Waals surface area contributed by atoms with E-state index in [0.29, 0.717) is 50.0 Å². The second kappa shape index (κ2) is 11.9. The Kier molecular flexibility index (Phi) is 7.59. The van der Waals surface area contributed by atoms with E-state index in [4.69, 9.17) is 9.47 Å². The van der Waals surface area contributed by atoms with Gasteiger partial charge >= 0.3 is 11.4 Å². The predicted molar refractivity (Wildman–Crippen MR) is 191 cm³/mol. The molecule has 3 aliphatic rings. The van der Waals surface area contributed by atoms with Crippen molar-refractivity contribution in [2.75, 3.05) is 14.2 Å². The van der Waals surface area contributed by atoms with Gasteiger partial charge in [0.2, 0.25) is 0 Å². The zero-order chi connectivity index (χ0) is 35.9. The minimum Gasteiger partial charge on any atom is -0.507 e. The number of aryl methyl sites for hydroxylation is 2. The number of Topliss-reactive ketones (excluding diaryl/α,β-unsaturated/α-hetero) is 1. The first-order chi connectivity index (χ1) is 24.5. The standard InChI is InChI=1S/C37H30BrN5O8/c1-40-27-17-31(51-3)30(50-2)16-25(27)39-24(35(40)47)11-12-41-36(48)42-13-10-21-26(43(42)37(41)49)14-22-33(29(45)15-23(38)34(22)46)32(21)20-8-9-28(44)19-7-5-4-6-18(19)20/h4-10,15-17,26,32,44H,11-14H2,1-3H3. The number of allylic oxidation sites excluding steroid dienone is 6. The number of aromatic hydroxyl groups is 1. The maximum Gasteiger partial charge on any atom is 0.347 e. The number of halogens is 1. The third-order valence-electron chi connectivity index (χ3n) is 10.1. The van der Waals surface area contributed by atoms with Crippen LogP contribution in [0.1, 0.15) is 29.6 Å². The van der Waals surface area contributed by atoms with Crippen molar-refractivity contribution < 1.29 is 24.2 Å². The third-order valence-corrected chi connectivity index (χ3v) is 10.7. The van der Waals surface area contributed by atoms with E-state index in [2.05, 4.69) is 20.9 Å². The Hall–Kier alpha value is -5.76. The highest BCUT2D eigenvalue weighted by Crippen LogP contribution is 2.51. The summed E-state index contributed by atoms with van der Waals surface area (Å²) in [6, 6.07) is 13.1. The van der Waals surface area contributed by atoms with Gasteiger partial charge in [0.25, 0.3) is 5.56 Å². The molecule has 5 aromatic rings. The number of phenols is 1. The smallest absolute Gasteiger partial charge is 0.347 e. The largest absolute Gasteiger partial charge is 0.507 e. The van der Waals surface area contributed by atoms with Crippen LogP contribution in [0.5, 0.6) is 17.2 Å². The van der Waals surface area contributed by atoms with Gasteiger partial charge in [-0.1, -0.05) is 36.4 Å². The van der Waals surface area contributed by atoms with Crippen molar-refractivity contribution in [3.8, 4) is 17.2 Å². The molecule has 2 aliphatic carbocycles. The number of hydrogen-bond donors (Lipinski definition) is 1. The number of benzene rings is 3. The fourth-order valence-electron chi connectivity index (χ4n) is 7.72. The van der Waals surface area contributed by atoms with E-state index in [-0.39, 0.29) is 64.6 Å². The maximum absolute atomic E-state index is 14.2. The summed E-state index contributed by atoms with van der Waals surface area (Å²) < 4.78 is 16.1. The van der Waals surface area contributed by atoms with Crippen LogP contribution in [-0.4, -0.2) is 54.4 Å². The molecule has 0 saturated carbocycles. The first-order valence-electron chi connectivity index (χ1n) is 16.2. The minimum atomic E-state index is -0.763. The van der Waals surface area contributed by atoms with Crippen LogP contribution in [0.3, 0.4) is 0 Å². The summed E-state index contributed by atoms with van der Waals surface area (Å²) in [5.41, 5.74) is 1.56. The van der Waals surface area contributed by atoms with Gasteiger partial charge in [0, 0.05) is 67.1 Å². The lowest BCUT2D eigenvalue weighted by molar-refractivity contribution is -0.115. The molecule has 51 heavy (non-hydrogen) atoms. The number of hydrogen-bond acceptors (Lipinski definition) is 9. The lowest BCUT2D eigenvalue weighted by atomic mass is 9.68. The van der Waals surface area contributed by atoms with Crippen molar-refractivity contribution >= 4 is 49.3 Å². The highest BCUT2D eigenvalue weighted by Gasteiger charge is 2.45. The lowest BCUT2D eigenvalue weighted by Crippen LogP contribution is -2.40. The molecule has 258 valence electrons. The highest BCUT2D eigenvalue weighted by molar-refractivity contribution is 9.12. The average Bonchev–Trinajstić information content (AvgIpc) is 3.38. The van der Waals surface area contributed by atoms with E-state index >= 15 is 0 Å². The number of fused-ring (bicyclic) bond motifs is 5. The highest BCUT2D eigenvalue weighted by atomic mass is 79.9. The van der Waals surface area contributed by atoms with E-state index in [1.54, 1.807) is 43.4 Å². The third kappa shape index (κ3) is 4.80. The van der Waals surface area contributed by atoms with Crippen molar-refractivity contribution in [2.24, 2.45) is 7.05 Å². The van der Waals surface area contributed by atoms with Crippen LogP contribution < -0.4 is 26.4 Å². The molecule has 1 N–H and O–H groups in total. The lowest BCUT2D eigenvalue weighted by Gasteiger charge is -2.39. The normalized spacial score (nSPS) is 18.4. The molecule has 2 unspecified atom stereocenters. The second-order valence-electron chi connectivity index (χ2n) is 12.7. The zero-order valence-electron chi connectivity index (χ0n) is 27.7. The topological polar surface area (TPSA) is 157 Å². The number of nitrogens with zero attached hydrogens (tertiary/aromatic N) is 5. The number of ether oxygens (including phenoxy) is 2. The monoisotopic (exact) mass is 751 g/mol. The van der Waals surface area contributed by atoms with Crippen molar-refractivity contribution in [1.29, 1.82) is 0 Å². The summed E-state index contributed by atoms with van der Waals surface area (Å²) in [6.07, 6.45) is 3.13. The van der Waals surface area contributed by atoms with Crippen LogP contribution in [-0.2, 0) is 36.1 Å². The van der Waals surface area contributed by atoms with Gasteiger partial charge in [-0.05, 0) is 38.5 Å². The summed E-state index contributed by atoms with van der Waals surface area (Å²) in [5.74, 6) is -0.473. The Bertz CT molecular complexity index is 2670. The van der Waals surface area contributed by atoms with Gasteiger partial charge in [0.05, 0.1) is 42.3 Å². The quantitative estimate of drug-likeness (QED) is 0.202. The van der Waals surface area contributed by atoms with Gasteiger partial charge in [-0.25, -0.2) is 28.5 Å². The number of ketones is 2. The molecule has 3 aromatic carbocycles. The van der Waals surface area contributed by atoms with Crippen molar-refractivity contribution in [1.82, 2.24) is 23.5 Å². The number of carbonyl (C=O) groups excluding carboxylic acids is 2. The van der Waals surface area contributed by atoms with E-state index in [0.717, 1.165) is 4.57 Å². The summed E-state index contributed by atoms with van der Waals surface area (Å²) in [6.45, 7) is -0.0826. The molecule has 0 radical (unpaired) electrons. The molecule has 8 rings (SSSR count). The van der Waals surface area contributed by atoms with Crippen molar-refractivity contribution in [3.63, 3.8) is 0 Å². The molecule has 0 fully saturated rings. The molecular weight excluding hydrogens is 722 g/mol. The number of aromatic nitrogens is 5. The Morgan fingerprint density at radius 2 is 1.69 bits per heavy atom. The summed E-state index contributed by atoms with van der Waals surface area (Å²) in [7, 11) is 4.60. The molecule has 14 heteroatoms. The van der Waals surface area contributed by atoms with Crippen LogP contribution in [0.2, 0.25) is 0 Å². The number of phenolic OH excluding ortho intramolecular Hbond substituents is 1. The van der Waals surface area contributed by atoms with Crippen molar-refractivity contribution in [3.05, 3.63) is 124 Å². The van der Waals surface area contributed by atoms with Gasteiger partial charge < -0.3 is 19.1 Å². The molecule has 1 aliphatic heterocycles. The molecule has 3 heterocycles. The summed E-state index contributed by atoms with van der Waals surface area (Å²) in [5, 5.41) is 11.9. The van der Waals surface area contributed by atoms with E-state index in [1.165, 1.54) is 34.2 Å². The van der Waals surface area contributed by atoms with Gasteiger partial charge in [-0.3, -0.25) is 14.4 Å². The SMILES string of the molecule is COc1cc2nc(CCn3c(=O)n4n(c3=O)C3CC5=C(C(=O)C=C(Br)C5=O)C(c5ccc(O)c6ccccc56)C3=CC4)c(=O)n(C)c2cc1OC. The number of methoxy groups -OCH3 is 2. The van der Waals surface area contributed by atoms with Crippen LogP contribution in [0.4, 0.5) is 0 Å². The fourth-order valence-corrected chi connectivity index (χ4v) is 8.17. The first kappa shape index (κ1) is 32.4. The van der Waals surface area contributed by atoms with Gasteiger partial charge in [0.1, 0.15) is 11.4 Å². The van der Waals surface area contributed by atoms with E-state index < -0.39 is 23.3 Å². The molecule has 13 nitrogen and oxygen atoms in total. The molecule has 0 bridgehead atoms. The van der Waals surface area contributed by atoms with E-state index in [9.17, 15) is 29.1 Å². The van der Waals surface area contributed by atoms with Gasteiger partial charge in [-0.15, -0.1) is 0 Å². The first-order valence-corrected chi connectivity index (χ1v) is 17.0. The number of carbonyl (C=O) groups is 2. The maximum atomic E-state index is 14.2. The molecular formula is C37H30BrN5O8. The zero-order valence-corrected chi connectivity index (χ0v) is 29.3. The summed E-state index contributed by atoms with van der Waals surface area (Å²) in [4.78, 5) is 73.3. The molecule has 0 saturated heterocycles. The summed E-state index contributed by atoms with van der Waals surface area (Å²) >= 11 is 3.25. The predicted octanol–water partition coefficient (Wildman–Crippen LogP) is 3.57. The molecule has 2 atom stereocenters. The molecule has 2 aromatic heterocycles. The second-order valence-corrected chi connectivity index (χ2v) is 13.5. The Balaban J connectivity index is 1.22. The van der Waals surface area contributed by atoms with Crippen molar-refractivity contribution in [2.45, 2.75) is 37.9 Å². The minimum absolute atomic E-state index is 0.0107. The van der Waals surface area contributed by atoms with Crippen LogP contribution in [0.25, 0.3) is 21.8 Å². The fraction of sp³-hybridized carbons (Fsp3) is 0.243. The average molecular weight is 753 g/mol. The number of rotatable bonds is 6. The Labute approximate surface area is 297 Å². The molecule has 0 amide bonds. The van der Waals surface area contributed by atoms with E-state index in [1.807, 2.05) is 18.2 Å². The van der Waals surface area contributed by atoms with Gasteiger partial charge in [0.15, 0.2) is 23.1 Å². The van der Waals surface area contributed by atoms with Crippen LogP contribution in [0, 0.1) is 0 Å². The van der Waals surface area contributed by atoms with Crippen LogP contribution in [0.15, 0.2) is 96.3 Å².